The highest BCUT2D eigenvalue weighted by molar-refractivity contribution is 7.92. The molecule has 0 unspecified atom stereocenters. The van der Waals surface area contributed by atoms with E-state index in [1.807, 2.05) is 0 Å². The molecule has 0 radical (unpaired) electrons. The summed E-state index contributed by atoms with van der Waals surface area (Å²) in [5.74, 6) is -1.66. The summed E-state index contributed by atoms with van der Waals surface area (Å²) in [5, 5.41) is 0. The van der Waals surface area contributed by atoms with Crippen molar-refractivity contribution >= 4 is 21.4 Å². The second-order valence-corrected chi connectivity index (χ2v) is 5.79. The fraction of sp³-hybridized carbons (Fsp3) is 0.0769. The van der Waals surface area contributed by atoms with Crippen LogP contribution in [0, 0.1) is 11.6 Å². The number of anilines is 2. The molecule has 0 heterocycles. The zero-order valence-electron chi connectivity index (χ0n) is 10.9. The molecule has 0 aliphatic carbocycles. The molecule has 0 spiro atoms. The topological polar surface area (TPSA) is 81.4 Å². The van der Waals surface area contributed by atoms with E-state index in [0.29, 0.717) is 11.8 Å². The third-order valence-corrected chi connectivity index (χ3v) is 4.08. The van der Waals surface area contributed by atoms with Crippen molar-refractivity contribution in [2.45, 2.75) is 4.90 Å². The van der Waals surface area contributed by atoms with Gasteiger partial charge in [-0.15, -0.1) is 0 Å². The third-order valence-electron chi connectivity index (χ3n) is 2.67. The Morgan fingerprint density at radius 3 is 2.43 bits per heavy atom. The molecule has 112 valence electrons. The van der Waals surface area contributed by atoms with Gasteiger partial charge in [-0.3, -0.25) is 4.72 Å². The minimum absolute atomic E-state index is 0.136. The number of hydrogen-bond donors (Lipinski definition) is 2. The molecule has 0 saturated carbocycles. The summed E-state index contributed by atoms with van der Waals surface area (Å²) in [7, 11) is -2.77. The molecule has 0 fully saturated rings. The summed E-state index contributed by atoms with van der Waals surface area (Å²) in [6.07, 6.45) is 0. The van der Waals surface area contributed by atoms with Crippen molar-refractivity contribution < 1.29 is 21.9 Å². The number of sulfonamides is 1. The van der Waals surface area contributed by atoms with Gasteiger partial charge in [-0.1, -0.05) is 0 Å². The van der Waals surface area contributed by atoms with Crippen molar-refractivity contribution in [2.24, 2.45) is 0 Å². The lowest BCUT2D eigenvalue weighted by molar-refractivity contribution is 0.417. The number of ether oxygens (including phenoxy) is 1. The number of nitrogens with two attached hydrogens (primary N) is 1. The Labute approximate surface area is 120 Å². The van der Waals surface area contributed by atoms with E-state index in [9.17, 15) is 17.2 Å². The molecule has 5 nitrogen and oxygen atoms in total. The van der Waals surface area contributed by atoms with Crippen molar-refractivity contribution in [1.29, 1.82) is 0 Å². The van der Waals surface area contributed by atoms with Crippen LogP contribution in [0.2, 0.25) is 0 Å². The number of methoxy groups -OCH3 is 1. The summed E-state index contributed by atoms with van der Waals surface area (Å²) >= 11 is 0. The first-order valence-corrected chi connectivity index (χ1v) is 7.23. The Morgan fingerprint density at radius 1 is 1.14 bits per heavy atom. The maximum atomic E-state index is 13.5. The summed E-state index contributed by atoms with van der Waals surface area (Å²) < 4.78 is 57.6. The summed E-state index contributed by atoms with van der Waals surface area (Å²) in [6, 6.07) is 6.41. The Bertz CT molecular complexity index is 779. The first-order valence-electron chi connectivity index (χ1n) is 5.75. The second-order valence-electron chi connectivity index (χ2n) is 4.14. The molecule has 2 aromatic carbocycles. The number of nitrogen functional groups attached to an aromatic ring is 1. The van der Waals surface area contributed by atoms with Gasteiger partial charge in [-0.25, -0.2) is 17.2 Å². The lowest BCUT2D eigenvalue weighted by atomic mass is 10.2. The highest BCUT2D eigenvalue weighted by atomic mass is 32.2. The molecule has 0 bridgehead atoms. The summed E-state index contributed by atoms with van der Waals surface area (Å²) in [5.41, 5.74) is 6.01. The zero-order chi connectivity index (χ0) is 15.6. The van der Waals surface area contributed by atoms with Gasteiger partial charge in [0.15, 0.2) is 0 Å². The molecule has 0 aromatic heterocycles. The van der Waals surface area contributed by atoms with Crippen LogP contribution in [-0.4, -0.2) is 15.5 Å². The van der Waals surface area contributed by atoms with Crippen LogP contribution in [-0.2, 0) is 10.0 Å². The van der Waals surface area contributed by atoms with Crippen molar-refractivity contribution in [3.8, 4) is 5.75 Å². The van der Waals surface area contributed by atoms with Crippen LogP contribution >= 0.6 is 0 Å². The van der Waals surface area contributed by atoms with E-state index in [-0.39, 0.29) is 11.4 Å². The lowest BCUT2D eigenvalue weighted by Gasteiger charge is -2.11. The molecular formula is C13H12F2N2O3S. The molecule has 0 amide bonds. The third kappa shape index (κ3) is 3.22. The first kappa shape index (κ1) is 15.0. The van der Waals surface area contributed by atoms with Gasteiger partial charge < -0.3 is 10.5 Å². The second kappa shape index (κ2) is 5.57. The molecule has 21 heavy (non-hydrogen) atoms. The first-order chi connectivity index (χ1) is 9.83. The molecule has 0 saturated heterocycles. The molecule has 0 aliphatic heterocycles. The van der Waals surface area contributed by atoms with E-state index in [4.69, 9.17) is 10.5 Å². The Kier molecular flexibility index (Phi) is 3.99. The van der Waals surface area contributed by atoms with Gasteiger partial charge in [-0.05, 0) is 30.3 Å². The van der Waals surface area contributed by atoms with Crippen LogP contribution in [0.5, 0.6) is 5.75 Å². The smallest absolute Gasteiger partial charge is 0.264 e. The van der Waals surface area contributed by atoms with E-state index < -0.39 is 26.6 Å². The predicted octanol–water partition coefficient (Wildman–Crippen LogP) is 2.36. The summed E-state index contributed by atoms with van der Waals surface area (Å²) in [4.78, 5) is -0.654. The van der Waals surface area contributed by atoms with Crippen LogP contribution in [0.25, 0.3) is 0 Å². The van der Waals surface area contributed by atoms with Gasteiger partial charge in [-0.2, -0.15) is 0 Å². The fourth-order valence-corrected chi connectivity index (χ4v) is 2.81. The van der Waals surface area contributed by atoms with Crippen LogP contribution in [0.3, 0.4) is 0 Å². The van der Waals surface area contributed by atoms with Crippen LogP contribution in [0.1, 0.15) is 0 Å². The molecule has 0 atom stereocenters. The van der Waals surface area contributed by atoms with Crippen molar-refractivity contribution in [1.82, 2.24) is 0 Å². The number of rotatable bonds is 4. The van der Waals surface area contributed by atoms with E-state index in [2.05, 4.69) is 4.72 Å². The SMILES string of the molecule is COc1ccc(NS(=O)(=O)c2ccc(F)cc2F)cc1N. The molecule has 3 N–H and O–H groups in total. The van der Waals surface area contributed by atoms with E-state index >= 15 is 0 Å². The largest absolute Gasteiger partial charge is 0.495 e. The van der Waals surface area contributed by atoms with Crippen molar-refractivity contribution in [3.05, 3.63) is 48.0 Å². The molecule has 2 aromatic rings. The maximum absolute atomic E-state index is 13.5. The van der Waals surface area contributed by atoms with Gasteiger partial charge in [0, 0.05) is 6.07 Å². The van der Waals surface area contributed by atoms with Crippen LogP contribution in [0.15, 0.2) is 41.3 Å². The number of nitrogens with one attached hydrogen (secondary N) is 1. The average molecular weight is 314 g/mol. The van der Waals surface area contributed by atoms with Gasteiger partial charge in [0.1, 0.15) is 22.3 Å². The normalized spacial score (nSPS) is 11.2. The highest BCUT2D eigenvalue weighted by Crippen LogP contribution is 2.26. The van der Waals surface area contributed by atoms with Gasteiger partial charge >= 0.3 is 0 Å². The highest BCUT2D eigenvalue weighted by Gasteiger charge is 2.20. The van der Waals surface area contributed by atoms with E-state index in [0.717, 1.165) is 12.1 Å². The average Bonchev–Trinajstić information content (AvgIpc) is 2.37. The molecular weight excluding hydrogens is 302 g/mol. The number of hydrogen-bond acceptors (Lipinski definition) is 4. The zero-order valence-corrected chi connectivity index (χ0v) is 11.7. The Balaban J connectivity index is 2.35. The number of halogens is 2. The van der Waals surface area contributed by atoms with Crippen LogP contribution in [0.4, 0.5) is 20.2 Å². The molecule has 0 aliphatic rings. The minimum Gasteiger partial charge on any atom is -0.495 e. The fourth-order valence-electron chi connectivity index (χ4n) is 1.70. The Morgan fingerprint density at radius 2 is 1.86 bits per heavy atom. The predicted molar refractivity (Wildman–Crippen MR) is 74.6 cm³/mol. The minimum atomic E-state index is -4.19. The van der Waals surface area contributed by atoms with Crippen molar-refractivity contribution in [2.75, 3.05) is 17.6 Å². The Hall–Kier alpha value is -2.35. The maximum Gasteiger partial charge on any atom is 0.264 e. The van der Waals surface area contributed by atoms with E-state index in [1.54, 1.807) is 0 Å². The van der Waals surface area contributed by atoms with Crippen LogP contribution < -0.4 is 15.2 Å². The van der Waals surface area contributed by atoms with Crippen molar-refractivity contribution in [3.63, 3.8) is 0 Å². The molecule has 2 rings (SSSR count). The van der Waals surface area contributed by atoms with E-state index in [1.165, 1.54) is 25.3 Å². The van der Waals surface area contributed by atoms with Gasteiger partial charge in [0.25, 0.3) is 10.0 Å². The standard InChI is InChI=1S/C13H12F2N2O3S/c1-20-12-4-3-9(7-11(12)16)17-21(18,19)13-5-2-8(14)6-10(13)15/h2-7,17H,16H2,1H3. The van der Waals surface area contributed by atoms with Gasteiger partial charge in [0.2, 0.25) is 0 Å². The summed E-state index contributed by atoms with van der Waals surface area (Å²) in [6.45, 7) is 0. The monoisotopic (exact) mass is 314 g/mol. The molecule has 8 heteroatoms. The number of benzene rings is 2. The quantitative estimate of drug-likeness (QED) is 0.849. The lowest BCUT2D eigenvalue weighted by Crippen LogP contribution is -2.15. The van der Waals surface area contributed by atoms with Gasteiger partial charge in [0.05, 0.1) is 18.5 Å².